The number of rotatable bonds is 5. The van der Waals surface area contributed by atoms with Crippen molar-refractivity contribution in [1.82, 2.24) is 4.90 Å². The Morgan fingerprint density at radius 3 is 3.05 bits per heavy atom. The van der Waals surface area contributed by atoms with Gasteiger partial charge in [-0.15, -0.1) is 0 Å². The van der Waals surface area contributed by atoms with Gasteiger partial charge in [0.15, 0.2) is 0 Å². The van der Waals surface area contributed by atoms with E-state index in [0.717, 1.165) is 25.4 Å². The van der Waals surface area contributed by atoms with Crippen LogP contribution in [0.2, 0.25) is 0 Å². The molecule has 1 aromatic carbocycles. The number of nitrogens with two attached hydrogens (primary N) is 1. The monoisotopic (exact) mass is 309 g/mol. The van der Waals surface area contributed by atoms with Crippen molar-refractivity contribution in [2.24, 2.45) is 0 Å². The summed E-state index contributed by atoms with van der Waals surface area (Å²) >= 11 is 1.99. The largest absolute Gasteiger partial charge is 0.497 e. The van der Waals surface area contributed by atoms with Crippen LogP contribution >= 0.6 is 11.8 Å². The van der Waals surface area contributed by atoms with E-state index >= 15 is 0 Å². The zero-order chi connectivity index (χ0) is 15.1. The van der Waals surface area contributed by atoms with Gasteiger partial charge < -0.3 is 20.7 Å². The number of nitrogens with one attached hydrogen (secondary N) is 1. The highest BCUT2D eigenvalue weighted by atomic mass is 32.2. The number of nitrogen functional groups attached to an aromatic ring is 1. The van der Waals surface area contributed by atoms with Crippen LogP contribution in [-0.2, 0) is 4.79 Å². The number of benzene rings is 1. The first-order valence-electron chi connectivity index (χ1n) is 7.22. The van der Waals surface area contributed by atoms with Crippen LogP contribution in [0.5, 0.6) is 5.75 Å². The van der Waals surface area contributed by atoms with E-state index in [1.165, 1.54) is 12.2 Å². The molecule has 1 heterocycles. The van der Waals surface area contributed by atoms with E-state index in [1.807, 2.05) is 11.8 Å². The second kappa shape index (κ2) is 8.14. The number of nitrogens with zero attached hydrogens (tertiary/aromatic N) is 1. The molecule has 0 unspecified atom stereocenters. The summed E-state index contributed by atoms with van der Waals surface area (Å²) in [5.41, 5.74) is 7.06. The minimum Gasteiger partial charge on any atom is -0.497 e. The van der Waals surface area contributed by atoms with Gasteiger partial charge in [-0.2, -0.15) is 11.8 Å². The van der Waals surface area contributed by atoms with Gasteiger partial charge in [0, 0.05) is 31.3 Å². The zero-order valence-corrected chi connectivity index (χ0v) is 13.2. The predicted octanol–water partition coefficient (Wildman–Crippen LogP) is 2.04. The molecule has 0 atom stereocenters. The van der Waals surface area contributed by atoms with E-state index in [1.54, 1.807) is 25.3 Å². The molecule has 1 aromatic rings. The second-order valence-electron chi connectivity index (χ2n) is 5.06. The maximum atomic E-state index is 12.0. The molecule has 0 radical (unpaired) electrons. The third-order valence-corrected chi connectivity index (χ3v) is 4.55. The molecular weight excluding hydrogens is 286 g/mol. The van der Waals surface area contributed by atoms with Crippen LogP contribution in [0.15, 0.2) is 18.2 Å². The van der Waals surface area contributed by atoms with Gasteiger partial charge in [0.1, 0.15) is 5.75 Å². The lowest BCUT2D eigenvalue weighted by molar-refractivity contribution is -0.116. The van der Waals surface area contributed by atoms with Crippen LogP contribution in [-0.4, -0.2) is 49.1 Å². The molecule has 6 heteroatoms. The van der Waals surface area contributed by atoms with Crippen molar-refractivity contribution in [3.8, 4) is 5.75 Å². The van der Waals surface area contributed by atoms with Crippen LogP contribution in [0.4, 0.5) is 11.4 Å². The first kappa shape index (κ1) is 16.0. The highest BCUT2D eigenvalue weighted by molar-refractivity contribution is 7.99. The molecule has 0 spiro atoms. The molecule has 0 bridgehead atoms. The number of thioether (sulfide) groups is 1. The number of carbonyl (C=O) groups excluding carboxylic acids is 1. The predicted molar refractivity (Wildman–Crippen MR) is 89.0 cm³/mol. The molecule has 3 N–H and O–H groups in total. The van der Waals surface area contributed by atoms with Gasteiger partial charge in [-0.3, -0.25) is 4.79 Å². The van der Waals surface area contributed by atoms with Gasteiger partial charge in [-0.05, 0) is 30.9 Å². The number of hydrogen-bond acceptors (Lipinski definition) is 5. The average Bonchev–Trinajstić information content (AvgIpc) is 2.76. The summed E-state index contributed by atoms with van der Waals surface area (Å²) < 4.78 is 5.09. The Kier molecular flexibility index (Phi) is 6.20. The Morgan fingerprint density at radius 2 is 2.29 bits per heavy atom. The normalized spacial score (nSPS) is 16.2. The van der Waals surface area contributed by atoms with Crippen LogP contribution in [0.1, 0.15) is 12.8 Å². The Hall–Kier alpha value is -1.40. The fraction of sp³-hybridized carbons (Fsp3) is 0.533. The summed E-state index contributed by atoms with van der Waals surface area (Å²) in [4.78, 5) is 14.4. The highest BCUT2D eigenvalue weighted by Crippen LogP contribution is 2.24. The van der Waals surface area contributed by atoms with E-state index in [-0.39, 0.29) is 5.91 Å². The van der Waals surface area contributed by atoms with Gasteiger partial charge in [0.05, 0.1) is 18.5 Å². The smallest absolute Gasteiger partial charge is 0.225 e. The van der Waals surface area contributed by atoms with Gasteiger partial charge in [-0.25, -0.2) is 0 Å². The van der Waals surface area contributed by atoms with E-state index in [4.69, 9.17) is 10.5 Å². The third kappa shape index (κ3) is 5.13. The van der Waals surface area contributed by atoms with Gasteiger partial charge in [0.25, 0.3) is 0 Å². The standard InChI is InChI=1S/C15H23N3O2S/c1-20-12-3-4-14(13(16)11-12)17-15(19)5-7-18-6-2-9-21-10-8-18/h3-4,11H,2,5-10,16H2,1H3,(H,17,19). The Balaban J connectivity index is 1.81. The molecule has 1 aliphatic rings. The molecular formula is C15H23N3O2S. The molecule has 5 nitrogen and oxygen atoms in total. The van der Waals surface area contributed by atoms with Crippen molar-refractivity contribution in [1.29, 1.82) is 0 Å². The van der Waals surface area contributed by atoms with Crippen LogP contribution < -0.4 is 15.8 Å². The minimum atomic E-state index is 0.00349. The number of amides is 1. The lowest BCUT2D eigenvalue weighted by Gasteiger charge is -2.19. The van der Waals surface area contributed by atoms with Crippen LogP contribution in [0.25, 0.3) is 0 Å². The maximum absolute atomic E-state index is 12.0. The van der Waals surface area contributed by atoms with E-state index in [9.17, 15) is 4.79 Å². The number of carbonyl (C=O) groups is 1. The Bertz CT molecular complexity index is 474. The molecule has 0 saturated carbocycles. The van der Waals surface area contributed by atoms with Crippen LogP contribution in [0.3, 0.4) is 0 Å². The summed E-state index contributed by atoms with van der Waals surface area (Å²) in [6, 6.07) is 5.27. The Labute approximate surface area is 130 Å². The Morgan fingerprint density at radius 1 is 1.43 bits per heavy atom. The average molecular weight is 309 g/mol. The zero-order valence-electron chi connectivity index (χ0n) is 12.4. The summed E-state index contributed by atoms with van der Waals surface area (Å²) in [7, 11) is 1.59. The van der Waals surface area contributed by atoms with E-state index in [2.05, 4.69) is 10.2 Å². The van der Waals surface area contributed by atoms with E-state index in [0.29, 0.717) is 23.5 Å². The summed E-state index contributed by atoms with van der Waals surface area (Å²) in [5, 5.41) is 2.87. The quantitative estimate of drug-likeness (QED) is 0.815. The summed E-state index contributed by atoms with van der Waals surface area (Å²) in [6.07, 6.45) is 1.70. The fourth-order valence-corrected chi connectivity index (χ4v) is 3.20. The van der Waals surface area contributed by atoms with Crippen molar-refractivity contribution in [3.63, 3.8) is 0 Å². The lowest BCUT2D eigenvalue weighted by Crippen LogP contribution is -2.29. The SMILES string of the molecule is COc1ccc(NC(=O)CCN2CCCSCC2)c(N)c1. The van der Waals surface area contributed by atoms with Crippen LogP contribution in [0, 0.1) is 0 Å². The number of anilines is 2. The molecule has 1 fully saturated rings. The van der Waals surface area contributed by atoms with Crippen molar-refractivity contribution >= 4 is 29.0 Å². The molecule has 1 saturated heterocycles. The maximum Gasteiger partial charge on any atom is 0.225 e. The highest BCUT2D eigenvalue weighted by Gasteiger charge is 2.12. The van der Waals surface area contributed by atoms with Crippen molar-refractivity contribution in [2.75, 3.05) is 49.3 Å². The first-order chi connectivity index (χ1) is 10.2. The second-order valence-corrected chi connectivity index (χ2v) is 6.28. The summed E-state index contributed by atoms with van der Waals surface area (Å²) in [6.45, 7) is 2.97. The van der Waals surface area contributed by atoms with Gasteiger partial charge in [-0.1, -0.05) is 0 Å². The van der Waals surface area contributed by atoms with Gasteiger partial charge >= 0.3 is 0 Å². The fourth-order valence-electron chi connectivity index (χ4n) is 2.28. The molecule has 0 aromatic heterocycles. The van der Waals surface area contributed by atoms with E-state index < -0.39 is 0 Å². The molecule has 116 valence electrons. The molecule has 21 heavy (non-hydrogen) atoms. The third-order valence-electron chi connectivity index (χ3n) is 3.50. The van der Waals surface area contributed by atoms with Crippen molar-refractivity contribution in [3.05, 3.63) is 18.2 Å². The number of methoxy groups -OCH3 is 1. The molecule has 0 aliphatic carbocycles. The minimum absolute atomic E-state index is 0.00349. The topological polar surface area (TPSA) is 67.6 Å². The lowest BCUT2D eigenvalue weighted by atomic mass is 10.2. The first-order valence-corrected chi connectivity index (χ1v) is 8.38. The van der Waals surface area contributed by atoms with Gasteiger partial charge in [0.2, 0.25) is 5.91 Å². The van der Waals surface area contributed by atoms with Crippen molar-refractivity contribution in [2.45, 2.75) is 12.8 Å². The molecule has 1 amide bonds. The summed E-state index contributed by atoms with van der Waals surface area (Å²) in [5.74, 6) is 3.08. The molecule has 2 rings (SSSR count). The number of ether oxygens (including phenoxy) is 1. The molecule has 1 aliphatic heterocycles. The number of hydrogen-bond donors (Lipinski definition) is 2. The van der Waals surface area contributed by atoms with Crippen molar-refractivity contribution < 1.29 is 9.53 Å².